The second kappa shape index (κ2) is 8.61. The van der Waals surface area contributed by atoms with Crippen molar-refractivity contribution in [3.63, 3.8) is 0 Å². The molecule has 2 heterocycles. The first-order chi connectivity index (χ1) is 15.4. The van der Waals surface area contributed by atoms with Crippen molar-refractivity contribution in [2.75, 3.05) is 6.61 Å². The van der Waals surface area contributed by atoms with Gasteiger partial charge in [0.25, 0.3) is 11.5 Å². The van der Waals surface area contributed by atoms with Gasteiger partial charge in [0.2, 0.25) is 5.88 Å². The van der Waals surface area contributed by atoms with Gasteiger partial charge >= 0.3 is 0 Å². The van der Waals surface area contributed by atoms with Crippen molar-refractivity contribution in [3.05, 3.63) is 69.4 Å². The monoisotopic (exact) mass is 453 g/mol. The first-order valence-electron chi connectivity index (χ1n) is 9.83. The van der Waals surface area contributed by atoms with Gasteiger partial charge in [0.1, 0.15) is 29.6 Å². The number of aromatic nitrogens is 2. The van der Waals surface area contributed by atoms with Crippen LogP contribution in [0.25, 0.3) is 10.9 Å². The van der Waals surface area contributed by atoms with Crippen LogP contribution >= 0.6 is 11.9 Å². The summed E-state index contributed by atoms with van der Waals surface area (Å²) in [5.41, 5.74) is 0.323. The second-order valence-electron chi connectivity index (χ2n) is 7.67. The van der Waals surface area contributed by atoms with Gasteiger partial charge in [0.05, 0.1) is 10.3 Å². The number of carbonyl (C=O) groups excluding carboxylic acids is 1. The van der Waals surface area contributed by atoms with E-state index in [2.05, 4.69) is 10.3 Å². The zero-order valence-corrected chi connectivity index (χ0v) is 18.0. The summed E-state index contributed by atoms with van der Waals surface area (Å²) in [5.74, 6) is -0.947. The van der Waals surface area contributed by atoms with Crippen LogP contribution in [-0.4, -0.2) is 26.8 Å². The van der Waals surface area contributed by atoms with Gasteiger partial charge in [-0.2, -0.15) is 5.26 Å². The molecule has 1 aromatic carbocycles. The number of halogens is 1. The van der Waals surface area contributed by atoms with Crippen molar-refractivity contribution in [3.8, 4) is 11.9 Å². The van der Waals surface area contributed by atoms with E-state index in [1.807, 2.05) is 0 Å². The predicted octanol–water partition coefficient (Wildman–Crippen LogP) is 2.39. The van der Waals surface area contributed by atoms with Crippen LogP contribution in [0, 0.1) is 17.1 Å². The SMILES string of the molecule is Cn1c(=O)c(C(=O)NCc2ccc(C#N)c(F)c2)cc2ccnc(OCC3(SN)CC3)c21. The Labute approximate surface area is 187 Å². The molecule has 3 N–H and O–H groups in total. The molecule has 0 aliphatic heterocycles. The highest BCUT2D eigenvalue weighted by Crippen LogP contribution is 2.46. The first-order valence-corrected chi connectivity index (χ1v) is 10.7. The van der Waals surface area contributed by atoms with Crippen LogP contribution < -0.4 is 20.8 Å². The molecule has 8 nitrogen and oxygen atoms in total. The average Bonchev–Trinajstić information content (AvgIpc) is 3.59. The van der Waals surface area contributed by atoms with Crippen molar-refractivity contribution in [2.45, 2.75) is 24.1 Å². The number of hydrogen-bond acceptors (Lipinski definition) is 7. The average molecular weight is 453 g/mol. The van der Waals surface area contributed by atoms with E-state index in [0.29, 0.717) is 29.0 Å². The van der Waals surface area contributed by atoms with Gasteiger partial charge in [-0.3, -0.25) is 14.7 Å². The summed E-state index contributed by atoms with van der Waals surface area (Å²) in [6.45, 7) is 0.393. The molecule has 0 saturated heterocycles. The quantitative estimate of drug-likeness (QED) is 0.527. The third-order valence-electron chi connectivity index (χ3n) is 5.47. The fourth-order valence-electron chi connectivity index (χ4n) is 3.34. The molecule has 1 fully saturated rings. The summed E-state index contributed by atoms with van der Waals surface area (Å²) in [4.78, 5) is 29.8. The molecule has 2 aromatic heterocycles. The summed E-state index contributed by atoms with van der Waals surface area (Å²) >= 11 is 1.27. The number of aryl methyl sites for hydroxylation is 1. The predicted molar refractivity (Wildman–Crippen MR) is 119 cm³/mol. The molecule has 0 bridgehead atoms. The van der Waals surface area contributed by atoms with Crippen LogP contribution in [0.5, 0.6) is 5.88 Å². The standard InChI is InChI=1S/C22H20FN5O3S/c1-28-18-14(4-7-26-20(18)31-12-22(32-25)5-6-22)9-16(21(28)30)19(29)27-11-13-2-3-15(10-24)17(23)8-13/h2-4,7-9H,5-6,11-12,25H2,1H3,(H,27,29). The number of nitriles is 1. The van der Waals surface area contributed by atoms with Crippen molar-refractivity contribution < 1.29 is 13.9 Å². The number of carbonyl (C=O) groups is 1. The van der Waals surface area contributed by atoms with E-state index in [-0.39, 0.29) is 22.4 Å². The molecule has 10 heteroatoms. The van der Waals surface area contributed by atoms with Crippen molar-refractivity contribution >= 4 is 28.8 Å². The van der Waals surface area contributed by atoms with Gasteiger partial charge in [-0.1, -0.05) is 18.0 Å². The normalized spacial score (nSPS) is 14.1. The molecule has 0 unspecified atom stereocenters. The maximum atomic E-state index is 13.8. The van der Waals surface area contributed by atoms with Crippen LogP contribution in [0.4, 0.5) is 4.39 Å². The zero-order valence-electron chi connectivity index (χ0n) is 17.2. The molecule has 1 aliphatic rings. The highest BCUT2D eigenvalue weighted by atomic mass is 32.2. The minimum Gasteiger partial charge on any atom is -0.475 e. The fourth-order valence-corrected chi connectivity index (χ4v) is 3.81. The molecule has 4 rings (SSSR count). The van der Waals surface area contributed by atoms with Crippen molar-refractivity contribution in [2.24, 2.45) is 12.2 Å². The van der Waals surface area contributed by atoms with Gasteiger partial charge in [-0.25, -0.2) is 9.37 Å². The van der Waals surface area contributed by atoms with Crippen LogP contribution in [0.15, 0.2) is 41.3 Å². The Kier molecular flexibility index (Phi) is 5.86. The fraction of sp³-hybridized carbons (Fsp3) is 0.273. The molecule has 1 aliphatic carbocycles. The minimum absolute atomic E-state index is 0.00615. The molecule has 32 heavy (non-hydrogen) atoms. The highest BCUT2D eigenvalue weighted by molar-refractivity contribution is 7.98. The summed E-state index contributed by atoms with van der Waals surface area (Å²) < 4.78 is 20.9. The smallest absolute Gasteiger partial charge is 0.263 e. The lowest BCUT2D eigenvalue weighted by molar-refractivity contribution is 0.0949. The summed E-state index contributed by atoms with van der Waals surface area (Å²) in [6.07, 6.45) is 3.48. The second-order valence-corrected chi connectivity index (χ2v) is 8.78. The van der Waals surface area contributed by atoms with E-state index in [0.717, 1.165) is 12.8 Å². The Morgan fingerprint density at radius 1 is 1.41 bits per heavy atom. The zero-order chi connectivity index (χ0) is 22.9. The molecule has 1 saturated carbocycles. The number of nitrogens with two attached hydrogens (primary N) is 1. The van der Waals surface area contributed by atoms with E-state index in [1.54, 1.807) is 31.4 Å². The van der Waals surface area contributed by atoms with E-state index >= 15 is 0 Å². The van der Waals surface area contributed by atoms with Gasteiger partial charge < -0.3 is 14.6 Å². The lowest BCUT2D eigenvalue weighted by atomic mass is 10.1. The Morgan fingerprint density at radius 2 is 2.19 bits per heavy atom. The van der Waals surface area contributed by atoms with Crippen LogP contribution in [0.1, 0.15) is 34.3 Å². The summed E-state index contributed by atoms with van der Waals surface area (Å²) in [6, 6.07) is 8.99. The Hall–Kier alpha value is -3.42. The first kappa shape index (κ1) is 21.8. The Bertz CT molecular complexity index is 1310. The van der Waals surface area contributed by atoms with Crippen LogP contribution in [-0.2, 0) is 13.6 Å². The number of fused-ring (bicyclic) bond motifs is 1. The number of rotatable bonds is 7. The largest absolute Gasteiger partial charge is 0.475 e. The number of benzene rings is 1. The summed E-state index contributed by atoms with van der Waals surface area (Å²) in [7, 11) is 1.55. The van der Waals surface area contributed by atoms with E-state index in [1.165, 1.54) is 34.7 Å². The molecule has 0 spiro atoms. The minimum atomic E-state index is -0.665. The Morgan fingerprint density at radius 3 is 2.84 bits per heavy atom. The van der Waals surface area contributed by atoms with E-state index in [9.17, 15) is 14.0 Å². The van der Waals surface area contributed by atoms with Crippen molar-refractivity contribution in [1.82, 2.24) is 14.9 Å². The summed E-state index contributed by atoms with van der Waals surface area (Å²) in [5, 5.41) is 17.8. The number of nitrogens with one attached hydrogen (secondary N) is 1. The number of pyridine rings is 2. The molecule has 3 aromatic rings. The maximum absolute atomic E-state index is 13.8. The molecular formula is C22H20FN5O3S. The van der Waals surface area contributed by atoms with Gasteiger partial charge in [-0.15, -0.1) is 0 Å². The number of amides is 1. The van der Waals surface area contributed by atoms with Crippen molar-refractivity contribution in [1.29, 1.82) is 5.26 Å². The topological polar surface area (TPSA) is 123 Å². The molecule has 1 amide bonds. The Balaban J connectivity index is 1.57. The number of hydrogen-bond donors (Lipinski definition) is 2. The number of ether oxygens (including phenoxy) is 1. The van der Waals surface area contributed by atoms with E-state index < -0.39 is 17.3 Å². The highest BCUT2D eigenvalue weighted by Gasteiger charge is 2.44. The van der Waals surface area contributed by atoms with Gasteiger partial charge in [-0.05, 0) is 42.7 Å². The van der Waals surface area contributed by atoms with Gasteiger partial charge in [0.15, 0.2) is 0 Å². The molecule has 164 valence electrons. The van der Waals surface area contributed by atoms with Crippen LogP contribution in [0.2, 0.25) is 0 Å². The number of nitrogens with zero attached hydrogens (tertiary/aromatic N) is 3. The van der Waals surface area contributed by atoms with E-state index in [4.69, 9.17) is 15.1 Å². The lowest BCUT2D eigenvalue weighted by Crippen LogP contribution is -2.32. The third kappa shape index (κ3) is 4.17. The lowest BCUT2D eigenvalue weighted by Gasteiger charge is -2.16. The van der Waals surface area contributed by atoms with Crippen LogP contribution in [0.3, 0.4) is 0 Å². The third-order valence-corrected chi connectivity index (χ3v) is 6.50. The molecule has 0 radical (unpaired) electrons. The maximum Gasteiger partial charge on any atom is 0.263 e. The molecular weight excluding hydrogens is 433 g/mol. The molecule has 0 atom stereocenters. The van der Waals surface area contributed by atoms with Gasteiger partial charge in [0, 0.05) is 25.2 Å².